The highest BCUT2D eigenvalue weighted by molar-refractivity contribution is 5.33. The zero-order valence-electron chi connectivity index (χ0n) is 9.01. The zero-order valence-corrected chi connectivity index (χ0v) is 9.01. The van der Waals surface area contributed by atoms with Crippen molar-refractivity contribution in [3.05, 3.63) is 41.2 Å². The van der Waals surface area contributed by atoms with Gasteiger partial charge in [-0.2, -0.15) is 0 Å². The number of allylic oxidation sites excluding steroid dienone is 1. The smallest absolute Gasteiger partial charge is 0.0476 e. The van der Waals surface area contributed by atoms with E-state index in [9.17, 15) is 0 Å². The second-order valence-electron chi connectivity index (χ2n) is 4.46. The first-order valence-electron chi connectivity index (χ1n) is 5.31. The van der Waals surface area contributed by atoms with Crippen LogP contribution < -0.4 is 0 Å². The third-order valence-electron chi connectivity index (χ3n) is 2.91. The SMILES string of the molecule is C=C1CCc2cc(C(C)C)cnc2C1. The number of nitrogens with zero attached hydrogens (tertiary/aromatic N) is 1. The summed E-state index contributed by atoms with van der Waals surface area (Å²) >= 11 is 0. The molecule has 0 aliphatic heterocycles. The van der Waals surface area contributed by atoms with Crippen molar-refractivity contribution in [2.45, 2.75) is 39.0 Å². The van der Waals surface area contributed by atoms with Crippen molar-refractivity contribution in [2.24, 2.45) is 0 Å². The molecule has 2 rings (SSSR count). The highest BCUT2D eigenvalue weighted by Crippen LogP contribution is 2.25. The molecule has 0 spiro atoms. The van der Waals surface area contributed by atoms with Crippen molar-refractivity contribution in [2.75, 3.05) is 0 Å². The van der Waals surface area contributed by atoms with Crippen LogP contribution in [0.1, 0.15) is 43.0 Å². The Morgan fingerprint density at radius 2 is 2.14 bits per heavy atom. The van der Waals surface area contributed by atoms with Crippen LogP contribution in [0.3, 0.4) is 0 Å². The van der Waals surface area contributed by atoms with E-state index in [2.05, 4.69) is 31.5 Å². The summed E-state index contributed by atoms with van der Waals surface area (Å²) in [5.74, 6) is 0.581. The summed E-state index contributed by atoms with van der Waals surface area (Å²) in [7, 11) is 0. The molecule has 0 atom stereocenters. The molecule has 1 aliphatic rings. The fourth-order valence-corrected chi connectivity index (χ4v) is 1.89. The summed E-state index contributed by atoms with van der Waals surface area (Å²) in [5.41, 5.74) is 5.35. The molecule has 0 bridgehead atoms. The van der Waals surface area contributed by atoms with E-state index in [-0.39, 0.29) is 0 Å². The van der Waals surface area contributed by atoms with Crippen LogP contribution in [-0.2, 0) is 12.8 Å². The molecule has 0 N–H and O–H groups in total. The van der Waals surface area contributed by atoms with Gasteiger partial charge in [0.05, 0.1) is 0 Å². The minimum atomic E-state index is 0.581. The van der Waals surface area contributed by atoms with Crippen molar-refractivity contribution in [3.8, 4) is 0 Å². The maximum atomic E-state index is 4.53. The maximum Gasteiger partial charge on any atom is 0.0476 e. The van der Waals surface area contributed by atoms with Crippen LogP contribution in [0.5, 0.6) is 0 Å². The van der Waals surface area contributed by atoms with E-state index in [4.69, 9.17) is 0 Å². The average molecular weight is 187 g/mol. The van der Waals surface area contributed by atoms with E-state index >= 15 is 0 Å². The molecule has 0 saturated heterocycles. The van der Waals surface area contributed by atoms with Crippen molar-refractivity contribution >= 4 is 0 Å². The summed E-state index contributed by atoms with van der Waals surface area (Å²) in [5, 5.41) is 0. The molecule has 14 heavy (non-hydrogen) atoms. The van der Waals surface area contributed by atoms with Crippen molar-refractivity contribution in [3.63, 3.8) is 0 Å². The molecule has 0 unspecified atom stereocenters. The predicted molar refractivity (Wildman–Crippen MR) is 59.5 cm³/mol. The lowest BCUT2D eigenvalue weighted by atomic mass is 9.90. The molecule has 1 nitrogen and oxygen atoms in total. The number of fused-ring (bicyclic) bond motifs is 1. The lowest BCUT2D eigenvalue weighted by Gasteiger charge is -2.18. The van der Waals surface area contributed by atoms with E-state index in [0.29, 0.717) is 5.92 Å². The maximum absolute atomic E-state index is 4.53. The van der Waals surface area contributed by atoms with Gasteiger partial charge in [-0.1, -0.05) is 32.1 Å². The Hall–Kier alpha value is -1.11. The van der Waals surface area contributed by atoms with Gasteiger partial charge >= 0.3 is 0 Å². The number of aryl methyl sites for hydroxylation is 1. The molecule has 1 aromatic heterocycles. The topological polar surface area (TPSA) is 12.9 Å². The van der Waals surface area contributed by atoms with Crippen molar-refractivity contribution in [1.82, 2.24) is 4.98 Å². The number of aromatic nitrogens is 1. The first-order chi connectivity index (χ1) is 6.66. The predicted octanol–water partition coefficient (Wildman–Crippen LogP) is 3.25. The van der Waals surface area contributed by atoms with Gasteiger partial charge in [-0.3, -0.25) is 4.98 Å². The van der Waals surface area contributed by atoms with Gasteiger partial charge in [-0.25, -0.2) is 0 Å². The highest BCUT2D eigenvalue weighted by Gasteiger charge is 2.13. The van der Waals surface area contributed by atoms with Crippen LogP contribution in [0.4, 0.5) is 0 Å². The third kappa shape index (κ3) is 1.72. The number of hydrogen-bond donors (Lipinski definition) is 0. The Balaban J connectivity index is 2.36. The molecule has 0 amide bonds. The summed E-state index contributed by atoms with van der Waals surface area (Å²) < 4.78 is 0. The Morgan fingerprint density at radius 1 is 1.36 bits per heavy atom. The van der Waals surface area contributed by atoms with Gasteiger partial charge in [0.15, 0.2) is 0 Å². The Kier molecular flexibility index (Phi) is 2.40. The molecule has 74 valence electrons. The van der Waals surface area contributed by atoms with E-state index in [1.54, 1.807) is 0 Å². The van der Waals surface area contributed by atoms with Crippen LogP contribution in [0.2, 0.25) is 0 Å². The second kappa shape index (κ2) is 3.56. The Bertz CT molecular complexity index is 363. The fourth-order valence-electron chi connectivity index (χ4n) is 1.89. The van der Waals surface area contributed by atoms with Gasteiger partial charge in [0.25, 0.3) is 0 Å². The molecule has 1 heterocycles. The monoisotopic (exact) mass is 187 g/mol. The number of rotatable bonds is 1. The molecular formula is C13H17N. The summed E-state index contributed by atoms with van der Waals surface area (Å²) in [6, 6.07) is 2.32. The first-order valence-corrected chi connectivity index (χ1v) is 5.31. The Labute approximate surface area is 85.9 Å². The molecule has 1 aromatic rings. The van der Waals surface area contributed by atoms with Crippen LogP contribution in [0, 0.1) is 0 Å². The van der Waals surface area contributed by atoms with Crippen molar-refractivity contribution in [1.29, 1.82) is 0 Å². The molecule has 0 fully saturated rings. The molecule has 0 aromatic carbocycles. The van der Waals surface area contributed by atoms with Gasteiger partial charge in [-0.05, 0) is 29.9 Å². The normalized spacial score (nSPS) is 15.8. The summed E-state index contributed by atoms with van der Waals surface area (Å²) in [6.07, 6.45) is 5.26. The minimum absolute atomic E-state index is 0.581. The van der Waals surface area contributed by atoms with Gasteiger partial charge in [0.2, 0.25) is 0 Å². The summed E-state index contributed by atoms with van der Waals surface area (Å²) in [6.45, 7) is 8.46. The quantitative estimate of drug-likeness (QED) is 0.615. The Morgan fingerprint density at radius 3 is 2.86 bits per heavy atom. The lowest BCUT2D eigenvalue weighted by molar-refractivity contribution is 0.787. The van der Waals surface area contributed by atoms with Crippen LogP contribution >= 0.6 is 0 Å². The van der Waals surface area contributed by atoms with Gasteiger partial charge in [0.1, 0.15) is 0 Å². The zero-order chi connectivity index (χ0) is 10.1. The summed E-state index contributed by atoms with van der Waals surface area (Å²) in [4.78, 5) is 4.53. The fraction of sp³-hybridized carbons (Fsp3) is 0.462. The second-order valence-corrected chi connectivity index (χ2v) is 4.46. The molecule has 0 radical (unpaired) electrons. The van der Waals surface area contributed by atoms with Crippen LogP contribution in [-0.4, -0.2) is 4.98 Å². The number of hydrogen-bond acceptors (Lipinski definition) is 1. The van der Waals surface area contributed by atoms with Gasteiger partial charge < -0.3 is 0 Å². The van der Waals surface area contributed by atoms with Crippen LogP contribution in [0.15, 0.2) is 24.4 Å². The molecule has 1 heteroatoms. The van der Waals surface area contributed by atoms with Gasteiger partial charge in [0, 0.05) is 18.3 Å². The largest absolute Gasteiger partial charge is 0.260 e. The van der Waals surface area contributed by atoms with E-state index in [1.807, 2.05) is 6.20 Å². The standard InChI is InChI=1S/C13H17N/c1-9(2)12-7-11-5-4-10(3)6-13(11)14-8-12/h7-9H,3-6H2,1-2H3. The number of pyridine rings is 1. The van der Waals surface area contributed by atoms with E-state index in [0.717, 1.165) is 19.3 Å². The first kappa shape index (κ1) is 9.45. The highest BCUT2D eigenvalue weighted by atomic mass is 14.7. The minimum Gasteiger partial charge on any atom is -0.260 e. The van der Waals surface area contributed by atoms with Gasteiger partial charge in [-0.15, -0.1) is 0 Å². The average Bonchev–Trinajstić information content (AvgIpc) is 2.16. The van der Waals surface area contributed by atoms with E-state index < -0.39 is 0 Å². The van der Waals surface area contributed by atoms with E-state index in [1.165, 1.54) is 22.4 Å². The van der Waals surface area contributed by atoms with Crippen LogP contribution in [0.25, 0.3) is 0 Å². The lowest BCUT2D eigenvalue weighted by Crippen LogP contribution is -2.08. The van der Waals surface area contributed by atoms with Crippen molar-refractivity contribution < 1.29 is 0 Å². The molecule has 1 aliphatic carbocycles. The molecule has 0 saturated carbocycles. The molecular weight excluding hydrogens is 170 g/mol. The third-order valence-corrected chi connectivity index (χ3v) is 2.91.